The van der Waals surface area contributed by atoms with Gasteiger partial charge in [0.25, 0.3) is 0 Å². The third-order valence-electron chi connectivity index (χ3n) is 2.31. The van der Waals surface area contributed by atoms with Crippen LogP contribution in [0.3, 0.4) is 0 Å². The van der Waals surface area contributed by atoms with Gasteiger partial charge in [0, 0.05) is 5.56 Å². The first kappa shape index (κ1) is 11.7. The molecule has 4 N–H and O–H groups in total. The summed E-state index contributed by atoms with van der Waals surface area (Å²) < 4.78 is 13.0. The maximum Gasteiger partial charge on any atom is 0.123 e. The molecule has 0 aliphatic carbocycles. The zero-order valence-corrected chi connectivity index (χ0v) is 8.83. The maximum atomic E-state index is 13.0. The zero-order chi connectivity index (χ0) is 11.3. The number of rotatable bonds is 4. The average Bonchev–Trinajstić information content (AvgIpc) is 2.26. The van der Waals surface area contributed by atoms with Gasteiger partial charge in [0.05, 0.1) is 5.71 Å². The highest BCUT2D eigenvalue weighted by atomic mass is 19.1. The van der Waals surface area contributed by atoms with Gasteiger partial charge < -0.3 is 11.6 Å². The molecule has 0 unspecified atom stereocenters. The lowest BCUT2D eigenvalue weighted by atomic mass is 9.99. The number of halogens is 1. The van der Waals surface area contributed by atoms with Gasteiger partial charge in [-0.1, -0.05) is 6.07 Å². The van der Waals surface area contributed by atoms with Crippen molar-refractivity contribution in [3.05, 3.63) is 35.1 Å². The van der Waals surface area contributed by atoms with Crippen molar-refractivity contribution in [2.45, 2.75) is 19.8 Å². The van der Waals surface area contributed by atoms with E-state index in [1.165, 1.54) is 12.1 Å². The van der Waals surface area contributed by atoms with Gasteiger partial charge in [-0.05, 0) is 44.0 Å². The zero-order valence-electron chi connectivity index (χ0n) is 8.83. The number of hydrogen-bond donors (Lipinski definition) is 2. The van der Waals surface area contributed by atoms with Crippen molar-refractivity contribution >= 4 is 5.71 Å². The minimum absolute atomic E-state index is 0.274. The fourth-order valence-corrected chi connectivity index (χ4v) is 1.47. The van der Waals surface area contributed by atoms with Gasteiger partial charge in [0.15, 0.2) is 0 Å². The van der Waals surface area contributed by atoms with Crippen LogP contribution < -0.4 is 11.6 Å². The molecular formula is C11H16FN3. The van der Waals surface area contributed by atoms with E-state index >= 15 is 0 Å². The fraction of sp³-hybridized carbons (Fsp3) is 0.364. The van der Waals surface area contributed by atoms with E-state index < -0.39 is 0 Å². The van der Waals surface area contributed by atoms with Crippen LogP contribution in [-0.4, -0.2) is 12.3 Å². The Balaban J connectivity index is 3.03. The van der Waals surface area contributed by atoms with E-state index in [9.17, 15) is 4.39 Å². The van der Waals surface area contributed by atoms with Crippen LogP contribution in [0.5, 0.6) is 0 Å². The first-order valence-electron chi connectivity index (χ1n) is 4.92. The summed E-state index contributed by atoms with van der Waals surface area (Å²) in [6.07, 6.45) is 1.69. The van der Waals surface area contributed by atoms with Crippen LogP contribution in [0.2, 0.25) is 0 Å². The summed E-state index contributed by atoms with van der Waals surface area (Å²) in [7, 11) is 0. The molecule has 1 rings (SSSR count). The van der Waals surface area contributed by atoms with Gasteiger partial charge in [-0.25, -0.2) is 4.39 Å². The molecule has 0 radical (unpaired) electrons. The molecule has 0 aliphatic rings. The Hall–Kier alpha value is -1.42. The summed E-state index contributed by atoms with van der Waals surface area (Å²) in [5.74, 6) is 4.92. The lowest BCUT2D eigenvalue weighted by molar-refractivity contribution is 0.626. The summed E-state index contributed by atoms with van der Waals surface area (Å²) in [5.41, 5.74) is 7.88. The molecule has 82 valence electrons. The molecule has 15 heavy (non-hydrogen) atoms. The highest BCUT2D eigenvalue weighted by molar-refractivity contribution is 5.99. The standard InChI is InChI=1S/C11H16FN3/c1-8(15-14)11-7-10(12)5-4-9(11)3-2-6-13/h4-5,7H,2-3,6,13-14H2,1H3/b15-8+. The first-order valence-corrected chi connectivity index (χ1v) is 4.92. The van der Waals surface area contributed by atoms with E-state index in [1.807, 2.05) is 0 Å². The van der Waals surface area contributed by atoms with E-state index in [4.69, 9.17) is 11.6 Å². The van der Waals surface area contributed by atoms with Crippen LogP contribution in [0.15, 0.2) is 23.3 Å². The van der Waals surface area contributed by atoms with Crippen molar-refractivity contribution in [2.24, 2.45) is 16.7 Å². The predicted molar refractivity (Wildman–Crippen MR) is 60.2 cm³/mol. The van der Waals surface area contributed by atoms with Gasteiger partial charge in [0.1, 0.15) is 5.82 Å². The Morgan fingerprint density at radius 2 is 2.20 bits per heavy atom. The third kappa shape index (κ3) is 3.02. The smallest absolute Gasteiger partial charge is 0.123 e. The lowest BCUT2D eigenvalue weighted by Gasteiger charge is -2.08. The van der Waals surface area contributed by atoms with Crippen molar-refractivity contribution in [3.63, 3.8) is 0 Å². The Bertz CT molecular complexity index is 361. The molecular weight excluding hydrogens is 193 g/mol. The van der Waals surface area contributed by atoms with Crippen molar-refractivity contribution in [1.82, 2.24) is 0 Å². The molecule has 1 aromatic carbocycles. The fourth-order valence-electron chi connectivity index (χ4n) is 1.47. The number of aryl methyl sites for hydroxylation is 1. The van der Waals surface area contributed by atoms with E-state index in [-0.39, 0.29) is 5.82 Å². The third-order valence-corrected chi connectivity index (χ3v) is 2.31. The van der Waals surface area contributed by atoms with E-state index in [0.717, 1.165) is 24.0 Å². The Morgan fingerprint density at radius 3 is 2.80 bits per heavy atom. The molecule has 0 heterocycles. The summed E-state index contributed by atoms with van der Waals surface area (Å²) in [6.45, 7) is 2.39. The number of benzene rings is 1. The predicted octanol–water partition coefficient (Wildman–Crippen LogP) is 1.40. The topological polar surface area (TPSA) is 64.4 Å². The monoisotopic (exact) mass is 209 g/mol. The normalized spacial score (nSPS) is 11.8. The Kier molecular flexibility index (Phi) is 4.24. The van der Waals surface area contributed by atoms with Crippen molar-refractivity contribution in [3.8, 4) is 0 Å². The second kappa shape index (κ2) is 5.46. The maximum absolute atomic E-state index is 13.0. The number of hydrazone groups is 1. The van der Waals surface area contributed by atoms with Crippen molar-refractivity contribution < 1.29 is 4.39 Å². The minimum atomic E-state index is -0.274. The minimum Gasteiger partial charge on any atom is -0.330 e. The van der Waals surface area contributed by atoms with Crippen LogP contribution in [0.1, 0.15) is 24.5 Å². The average molecular weight is 209 g/mol. The number of nitrogens with two attached hydrogens (primary N) is 2. The molecule has 0 atom stereocenters. The Morgan fingerprint density at radius 1 is 1.47 bits per heavy atom. The van der Waals surface area contributed by atoms with Gasteiger partial charge in [0.2, 0.25) is 0 Å². The molecule has 0 fully saturated rings. The molecule has 0 bridgehead atoms. The molecule has 0 amide bonds. The molecule has 0 aromatic heterocycles. The summed E-state index contributed by atoms with van der Waals surface area (Å²) in [5, 5.41) is 3.59. The Labute approximate surface area is 89.0 Å². The van der Waals surface area contributed by atoms with Crippen LogP contribution in [-0.2, 0) is 6.42 Å². The molecule has 0 spiro atoms. The summed E-state index contributed by atoms with van der Waals surface area (Å²) >= 11 is 0. The van der Waals surface area contributed by atoms with E-state index in [2.05, 4.69) is 5.10 Å². The van der Waals surface area contributed by atoms with Crippen LogP contribution in [0, 0.1) is 5.82 Å². The number of nitrogens with zero attached hydrogens (tertiary/aromatic N) is 1. The largest absolute Gasteiger partial charge is 0.330 e. The quantitative estimate of drug-likeness (QED) is 0.447. The lowest BCUT2D eigenvalue weighted by Crippen LogP contribution is -2.07. The van der Waals surface area contributed by atoms with Crippen LogP contribution >= 0.6 is 0 Å². The molecule has 3 nitrogen and oxygen atoms in total. The van der Waals surface area contributed by atoms with Gasteiger partial charge >= 0.3 is 0 Å². The summed E-state index contributed by atoms with van der Waals surface area (Å²) in [4.78, 5) is 0. The molecule has 0 saturated heterocycles. The van der Waals surface area contributed by atoms with Crippen LogP contribution in [0.4, 0.5) is 4.39 Å². The van der Waals surface area contributed by atoms with Crippen molar-refractivity contribution in [2.75, 3.05) is 6.54 Å². The van der Waals surface area contributed by atoms with Crippen LogP contribution in [0.25, 0.3) is 0 Å². The SMILES string of the molecule is C/C(=N\N)c1cc(F)ccc1CCCN. The molecule has 0 saturated carbocycles. The molecule has 0 aliphatic heterocycles. The van der Waals surface area contributed by atoms with Gasteiger partial charge in [-0.2, -0.15) is 5.10 Å². The highest BCUT2D eigenvalue weighted by Crippen LogP contribution is 2.14. The highest BCUT2D eigenvalue weighted by Gasteiger charge is 2.06. The second-order valence-electron chi connectivity index (χ2n) is 3.41. The van der Waals surface area contributed by atoms with Gasteiger partial charge in [-0.15, -0.1) is 0 Å². The second-order valence-corrected chi connectivity index (χ2v) is 3.41. The molecule has 4 heteroatoms. The van der Waals surface area contributed by atoms with Crippen molar-refractivity contribution in [1.29, 1.82) is 0 Å². The van der Waals surface area contributed by atoms with Gasteiger partial charge in [-0.3, -0.25) is 0 Å². The number of hydrogen-bond acceptors (Lipinski definition) is 3. The molecule has 1 aromatic rings. The van der Waals surface area contributed by atoms with E-state index in [1.54, 1.807) is 13.0 Å². The first-order chi connectivity index (χ1) is 7.19. The summed E-state index contributed by atoms with van der Waals surface area (Å²) in [6, 6.07) is 4.66. The van der Waals surface area contributed by atoms with E-state index in [0.29, 0.717) is 12.3 Å².